The summed E-state index contributed by atoms with van der Waals surface area (Å²) in [5.74, 6) is -1.09. The van der Waals surface area contributed by atoms with Gasteiger partial charge in [0.2, 0.25) is 0 Å². The smallest absolute Gasteiger partial charge is 0.279 e. The maximum atomic E-state index is 13.4. The highest BCUT2D eigenvalue weighted by atomic mass is 19.1. The van der Waals surface area contributed by atoms with Gasteiger partial charge in [-0.1, -0.05) is 0 Å². The molecule has 0 saturated heterocycles. The van der Waals surface area contributed by atoms with Crippen molar-refractivity contribution in [2.75, 3.05) is 11.9 Å². The van der Waals surface area contributed by atoms with Gasteiger partial charge in [-0.05, 0) is 31.2 Å². The molecule has 0 radical (unpaired) electrons. The van der Waals surface area contributed by atoms with Crippen molar-refractivity contribution in [3.63, 3.8) is 0 Å². The first-order chi connectivity index (χ1) is 9.56. The normalized spacial score (nSPS) is 12.2. The van der Waals surface area contributed by atoms with E-state index in [4.69, 9.17) is 4.42 Å². The molecular formula is C14H15F2N2O2+. The van der Waals surface area contributed by atoms with Crippen molar-refractivity contribution in [1.29, 1.82) is 0 Å². The van der Waals surface area contributed by atoms with Crippen LogP contribution in [0.2, 0.25) is 0 Å². The van der Waals surface area contributed by atoms with Gasteiger partial charge < -0.3 is 15.1 Å². The second-order valence-electron chi connectivity index (χ2n) is 4.42. The zero-order valence-electron chi connectivity index (χ0n) is 10.9. The number of hydrogen-bond donors (Lipinski definition) is 2. The molecule has 0 aliphatic carbocycles. The summed E-state index contributed by atoms with van der Waals surface area (Å²) >= 11 is 0. The number of nitrogens with one attached hydrogen (secondary N) is 1. The Morgan fingerprint density at radius 2 is 2.20 bits per heavy atom. The molecule has 1 aromatic carbocycles. The van der Waals surface area contributed by atoms with Gasteiger partial charge in [-0.3, -0.25) is 4.79 Å². The summed E-state index contributed by atoms with van der Waals surface area (Å²) in [5, 5.41) is 4.16. The fourth-order valence-corrected chi connectivity index (χ4v) is 1.74. The number of quaternary nitrogens is 1. The number of nitrogens with two attached hydrogens (primary N) is 1. The van der Waals surface area contributed by atoms with Crippen LogP contribution in [0.5, 0.6) is 0 Å². The van der Waals surface area contributed by atoms with Gasteiger partial charge in [0.1, 0.15) is 17.7 Å². The second kappa shape index (κ2) is 6.29. The predicted octanol–water partition coefficient (Wildman–Crippen LogP) is 1.82. The van der Waals surface area contributed by atoms with Crippen LogP contribution in [0, 0.1) is 11.6 Å². The summed E-state index contributed by atoms with van der Waals surface area (Å²) in [6.45, 7) is 2.00. The molecule has 0 unspecified atom stereocenters. The van der Waals surface area contributed by atoms with E-state index in [2.05, 4.69) is 5.32 Å². The maximum Gasteiger partial charge on any atom is 0.279 e. The van der Waals surface area contributed by atoms with Crippen molar-refractivity contribution >= 4 is 11.6 Å². The summed E-state index contributed by atoms with van der Waals surface area (Å²) in [6, 6.07) is 6.58. The minimum absolute atomic E-state index is 0.0196. The van der Waals surface area contributed by atoms with E-state index in [1.165, 1.54) is 6.07 Å². The largest absolute Gasteiger partial charge is 0.463 e. The molecule has 1 atom stereocenters. The fourth-order valence-electron chi connectivity index (χ4n) is 1.74. The Morgan fingerprint density at radius 1 is 1.40 bits per heavy atom. The van der Waals surface area contributed by atoms with Crippen molar-refractivity contribution in [2.45, 2.75) is 13.0 Å². The minimum atomic E-state index is -0.794. The molecule has 0 bridgehead atoms. The van der Waals surface area contributed by atoms with E-state index in [1.54, 1.807) is 17.6 Å². The molecule has 2 aromatic rings. The lowest BCUT2D eigenvalue weighted by Gasteiger charge is -2.09. The number of halogens is 2. The summed E-state index contributed by atoms with van der Waals surface area (Å²) in [7, 11) is 0. The van der Waals surface area contributed by atoms with Crippen molar-refractivity contribution in [1.82, 2.24) is 0 Å². The lowest BCUT2D eigenvalue weighted by atomic mass is 10.2. The first kappa shape index (κ1) is 14.2. The van der Waals surface area contributed by atoms with E-state index in [1.807, 2.05) is 13.0 Å². The van der Waals surface area contributed by atoms with E-state index in [0.717, 1.165) is 17.9 Å². The van der Waals surface area contributed by atoms with E-state index in [9.17, 15) is 13.6 Å². The standard InChI is InChI=1S/C14H14F2N2O2/c1-9(13-3-2-6-20-13)17-8-14(19)18-12-5-4-10(15)7-11(12)16/h2-7,9,17H,8H2,1H3,(H,18,19)/p+1/t9-/m0/s1. The topological polar surface area (TPSA) is 58.9 Å². The van der Waals surface area contributed by atoms with Gasteiger partial charge in [0.15, 0.2) is 12.3 Å². The molecule has 1 heterocycles. The van der Waals surface area contributed by atoms with Gasteiger partial charge in [0, 0.05) is 6.07 Å². The van der Waals surface area contributed by atoms with Crippen LogP contribution in [0.25, 0.3) is 0 Å². The van der Waals surface area contributed by atoms with Crippen LogP contribution in [0.15, 0.2) is 41.0 Å². The fraction of sp³-hybridized carbons (Fsp3) is 0.214. The van der Waals surface area contributed by atoms with Crippen molar-refractivity contribution in [3.05, 3.63) is 54.0 Å². The van der Waals surface area contributed by atoms with Gasteiger partial charge in [-0.15, -0.1) is 0 Å². The van der Waals surface area contributed by atoms with Crippen LogP contribution in [0.3, 0.4) is 0 Å². The maximum absolute atomic E-state index is 13.4. The quantitative estimate of drug-likeness (QED) is 0.878. The van der Waals surface area contributed by atoms with Crippen molar-refractivity contribution in [3.8, 4) is 0 Å². The van der Waals surface area contributed by atoms with Crippen LogP contribution in [-0.2, 0) is 4.79 Å². The molecule has 0 saturated carbocycles. The lowest BCUT2D eigenvalue weighted by molar-refractivity contribution is -0.684. The Kier molecular flexibility index (Phi) is 4.47. The monoisotopic (exact) mass is 281 g/mol. The summed E-state index contributed by atoms with van der Waals surface area (Å²) in [5.41, 5.74) is -0.0320. The number of carbonyl (C=O) groups is 1. The Bertz CT molecular complexity index is 585. The number of furan rings is 1. The third-order valence-corrected chi connectivity index (χ3v) is 2.85. The second-order valence-corrected chi connectivity index (χ2v) is 4.42. The highest BCUT2D eigenvalue weighted by molar-refractivity contribution is 5.91. The van der Waals surface area contributed by atoms with E-state index < -0.39 is 11.6 Å². The Morgan fingerprint density at radius 3 is 2.85 bits per heavy atom. The zero-order valence-corrected chi connectivity index (χ0v) is 10.9. The highest BCUT2D eigenvalue weighted by Gasteiger charge is 2.14. The Hall–Kier alpha value is -2.21. The number of benzene rings is 1. The summed E-state index contributed by atoms with van der Waals surface area (Å²) < 4.78 is 31.3. The molecule has 2 rings (SSSR count). The van der Waals surface area contributed by atoms with E-state index >= 15 is 0 Å². The molecular weight excluding hydrogens is 266 g/mol. The minimum Gasteiger partial charge on any atom is -0.463 e. The van der Waals surface area contributed by atoms with Gasteiger partial charge >= 0.3 is 0 Å². The SMILES string of the molecule is C[C@H]([NH2+]CC(=O)Nc1ccc(F)cc1F)c1ccco1. The lowest BCUT2D eigenvalue weighted by Crippen LogP contribution is -2.86. The molecule has 0 aliphatic heterocycles. The van der Waals surface area contributed by atoms with E-state index in [-0.39, 0.29) is 24.2 Å². The molecule has 0 fully saturated rings. The first-order valence-electron chi connectivity index (χ1n) is 6.18. The van der Waals surface area contributed by atoms with Crippen molar-refractivity contribution < 1.29 is 23.3 Å². The number of anilines is 1. The molecule has 4 nitrogen and oxygen atoms in total. The van der Waals surface area contributed by atoms with Gasteiger partial charge in [-0.25, -0.2) is 8.78 Å². The third-order valence-electron chi connectivity index (χ3n) is 2.85. The number of rotatable bonds is 5. The van der Waals surface area contributed by atoms with Crippen LogP contribution in [0.4, 0.5) is 14.5 Å². The zero-order chi connectivity index (χ0) is 14.5. The van der Waals surface area contributed by atoms with Gasteiger partial charge in [0.05, 0.1) is 12.0 Å². The molecule has 106 valence electrons. The molecule has 0 aliphatic rings. The van der Waals surface area contributed by atoms with Crippen LogP contribution < -0.4 is 10.6 Å². The Balaban J connectivity index is 1.86. The number of carbonyl (C=O) groups excluding carboxylic acids is 1. The summed E-state index contributed by atoms with van der Waals surface area (Å²) in [4.78, 5) is 11.7. The Labute approximate surface area is 114 Å². The first-order valence-corrected chi connectivity index (χ1v) is 6.18. The molecule has 1 aromatic heterocycles. The number of amides is 1. The van der Waals surface area contributed by atoms with E-state index in [0.29, 0.717) is 0 Å². The molecule has 20 heavy (non-hydrogen) atoms. The average molecular weight is 281 g/mol. The molecule has 3 N–H and O–H groups in total. The summed E-state index contributed by atoms with van der Waals surface area (Å²) in [6.07, 6.45) is 1.56. The van der Waals surface area contributed by atoms with Crippen molar-refractivity contribution in [2.24, 2.45) is 0 Å². The molecule has 0 spiro atoms. The molecule has 6 heteroatoms. The predicted molar refractivity (Wildman–Crippen MR) is 68.9 cm³/mol. The highest BCUT2D eigenvalue weighted by Crippen LogP contribution is 2.14. The van der Waals surface area contributed by atoms with Crippen LogP contribution >= 0.6 is 0 Å². The van der Waals surface area contributed by atoms with Crippen LogP contribution in [0.1, 0.15) is 18.7 Å². The number of hydrogen-bond acceptors (Lipinski definition) is 2. The third kappa shape index (κ3) is 3.64. The van der Waals surface area contributed by atoms with Gasteiger partial charge in [0.25, 0.3) is 5.91 Å². The van der Waals surface area contributed by atoms with Crippen LogP contribution in [-0.4, -0.2) is 12.5 Å². The van der Waals surface area contributed by atoms with Gasteiger partial charge in [-0.2, -0.15) is 0 Å². The molecule has 1 amide bonds. The average Bonchev–Trinajstić information content (AvgIpc) is 2.93.